The van der Waals surface area contributed by atoms with E-state index in [4.69, 9.17) is 5.73 Å². The molecule has 0 aliphatic carbocycles. The number of benzene rings is 2. The standard InChI is InChI=1S/C11H9F3N2/c1-16-8-3-2-5-6(9(8)13)4-7(12)11(15)10(5)14/h2-4,16H,15H2,1H3. The number of hydrogen-bond donors (Lipinski definition) is 2. The number of fused-ring (bicyclic) bond motifs is 1. The van der Waals surface area contributed by atoms with Crippen LogP contribution in [0.2, 0.25) is 0 Å². The number of halogens is 3. The summed E-state index contributed by atoms with van der Waals surface area (Å²) in [5.74, 6) is -2.59. The van der Waals surface area contributed by atoms with E-state index in [1.165, 1.54) is 19.2 Å². The van der Waals surface area contributed by atoms with E-state index in [-0.39, 0.29) is 16.5 Å². The minimum atomic E-state index is -0.961. The van der Waals surface area contributed by atoms with Crippen LogP contribution in [0.1, 0.15) is 0 Å². The van der Waals surface area contributed by atoms with Crippen LogP contribution in [0.25, 0.3) is 10.8 Å². The largest absolute Gasteiger partial charge is 0.394 e. The number of nitrogens with two attached hydrogens (primary N) is 1. The smallest absolute Gasteiger partial charge is 0.157 e. The van der Waals surface area contributed by atoms with Gasteiger partial charge in [0, 0.05) is 17.8 Å². The van der Waals surface area contributed by atoms with E-state index in [1.807, 2.05) is 0 Å². The van der Waals surface area contributed by atoms with Crippen LogP contribution >= 0.6 is 0 Å². The van der Waals surface area contributed by atoms with Crippen LogP contribution in [0, 0.1) is 17.5 Å². The lowest BCUT2D eigenvalue weighted by Crippen LogP contribution is -1.99. The second-order valence-corrected chi connectivity index (χ2v) is 3.36. The van der Waals surface area contributed by atoms with Crippen LogP contribution in [0.4, 0.5) is 24.5 Å². The zero-order valence-corrected chi connectivity index (χ0v) is 8.44. The minimum Gasteiger partial charge on any atom is -0.394 e. The van der Waals surface area contributed by atoms with Gasteiger partial charge >= 0.3 is 0 Å². The molecule has 0 radical (unpaired) electrons. The maximum atomic E-state index is 13.7. The van der Waals surface area contributed by atoms with E-state index in [0.717, 1.165) is 6.07 Å². The third-order valence-corrected chi connectivity index (χ3v) is 2.45. The summed E-state index contributed by atoms with van der Waals surface area (Å²) in [5.41, 5.74) is 4.76. The van der Waals surface area contributed by atoms with Gasteiger partial charge in [-0.25, -0.2) is 13.2 Å². The molecular formula is C11H9F3N2. The lowest BCUT2D eigenvalue weighted by Gasteiger charge is -2.08. The molecule has 0 spiro atoms. The van der Waals surface area contributed by atoms with Gasteiger partial charge in [-0.1, -0.05) is 0 Å². The zero-order valence-electron chi connectivity index (χ0n) is 8.44. The van der Waals surface area contributed by atoms with Crippen molar-refractivity contribution in [1.29, 1.82) is 0 Å². The van der Waals surface area contributed by atoms with Gasteiger partial charge < -0.3 is 11.1 Å². The van der Waals surface area contributed by atoms with Gasteiger partial charge in [0.25, 0.3) is 0 Å². The molecular weight excluding hydrogens is 217 g/mol. The average Bonchev–Trinajstić information content (AvgIpc) is 2.28. The van der Waals surface area contributed by atoms with Crippen molar-refractivity contribution < 1.29 is 13.2 Å². The summed E-state index contributed by atoms with van der Waals surface area (Å²) >= 11 is 0. The second kappa shape index (κ2) is 3.59. The first-order valence-electron chi connectivity index (χ1n) is 4.59. The molecule has 5 heteroatoms. The van der Waals surface area contributed by atoms with Gasteiger partial charge in [0.2, 0.25) is 0 Å². The van der Waals surface area contributed by atoms with Crippen molar-refractivity contribution in [3.63, 3.8) is 0 Å². The minimum absolute atomic E-state index is 0.0320. The van der Waals surface area contributed by atoms with E-state index in [0.29, 0.717) is 0 Å². The molecule has 0 bridgehead atoms. The number of nitrogen functional groups attached to an aromatic ring is 1. The molecule has 0 aliphatic rings. The first kappa shape index (κ1) is 10.6. The summed E-state index contributed by atoms with van der Waals surface area (Å²) in [5, 5.41) is 2.43. The molecule has 0 aliphatic heterocycles. The van der Waals surface area contributed by atoms with Crippen molar-refractivity contribution in [3.8, 4) is 0 Å². The van der Waals surface area contributed by atoms with Gasteiger partial charge in [-0.05, 0) is 18.2 Å². The van der Waals surface area contributed by atoms with Gasteiger partial charge in [0.05, 0.1) is 5.69 Å². The molecule has 0 fully saturated rings. The normalized spacial score (nSPS) is 10.8. The van der Waals surface area contributed by atoms with Crippen LogP contribution < -0.4 is 11.1 Å². The molecule has 0 atom stereocenters. The maximum Gasteiger partial charge on any atom is 0.157 e. The third-order valence-electron chi connectivity index (χ3n) is 2.45. The van der Waals surface area contributed by atoms with Gasteiger partial charge in [-0.2, -0.15) is 0 Å². The molecule has 0 heterocycles. The van der Waals surface area contributed by atoms with E-state index in [9.17, 15) is 13.2 Å². The van der Waals surface area contributed by atoms with Crippen molar-refractivity contribution in [1.82, 2.24) is 0 Å². The number of rotatable bonds is 1. The molecule has 84 valence electrons. The Labute approximate surface area is 89.9 Å². The van der Waals surface area contributed by atoms with Crippen LogP contribution in [0.3, 0.4) is 0 Å². The highest BCUT2D eigenvalue weighted by atomic mass is 19.1. The Morgan fingerprint density at radius 1 is 1.06 bits per heavy atom. The van der Waals surface area contributed by atoms with E-state index >= 15 is 0 Å². The summed E-state index contributed by atoms with van der Waals surface area (Å²) in [6.07, 6.45) is 0. The lowest BCUT2D eigenvalue weighted by atomic mass is 10.1. The van der Waals surface area contributed by atoms with Gasteiger partial charge in [-0.3, -0.25) is 0 Å². The summed E-state index contributed by atoms with van der Waals surface area (Å²) < 4.78 is 40.4. The van der Waals surface area contributed by atoms with Crippen molar-refractivity contribution in [2.75, 3.05) is 18.1 Å². The Kier molecular flexibility index (Phi) is 2.38. The molecule has 2 nitrogen and oxygen atoms in total. The highest BCUT2D eigenvalue weighted by Crippen LogP contribution is 2.30. The Morgan fingerprint density at radius 2 is 1.75 bits per heavy atom. The van der Waals surface area contributed by atoms with Crippen LogP contribution in [0.15, 0.2) is 18.2 Å². The van der Waals surface area contributed by atoms with E-state index in [2.05, 4.69) is 5.32 Å². The molecule has 16 heavy (non-hydrogen) atoms. The number of hydrogen-bond acceptors (Lipinski definition) is 2. The van der Waals surface area contributed by atoms with Crippen molar-refractivity contribution in [2.45, 2.75) is 0 Å². The summed E-state index contributed by atoms with van der Waals surface area (Å²) in [6, 6.07) is 3.62. The molecule has 0 saturated heterocycles. The molecule has 3 N–H and O–H groups in total. The maximum absolute atomic E-state index is 13.7. The van der Waals surface area contributed by atoms with Crippen molar-refractivity contribution in [2.24, 2.45) is 0 Å². The Balaban J connectivity index is 2.90. The van der Waals surface area contributed by atoms with Crippen molar-refractivity contribution in [3.05, 3.63) is 35.7 Å². The first-order chi connectivity index (χ1) is 7.56. The molecule has 0 amide bonds. The molecule has 0 aromatic heterocycles. The SMILES string of the molecule is CNc1ccc2c(F)c(N)c(F)cc2c1F. The second-order valence-electron chi connectivity index (χ2n) is 3.36. The molecule has 2 aromatic carbocycles. The summed E-state index contributed by atoms with van der Waals surface area (Å²) in [7, 11) is 1.52. The monoisotopic (exact) mass is 226 g/mol. The van der Waals surface area contributed by atoms with Crippen LogP contribution in [-0.4, -0.2) is 7.05 Å². The Bertz CT molecular complexity index is 567. The lowest BCUT2D eigenvalue weighted by molar-refractivity contribution is 0.596. The zero-order chi connectivity index (χ0) is 11.9. The highest BCUT2D eigenvalue weighted by molar-refractivity contribution is 5.89. The van der Waals surface area contributed by atoms with Gasteiger partial charge in [0.15, 0.2) is 11.6 Å². The first-order valence-corrected chi connectivity index (χ1v) is 4.59. The Morgan fingerprint density at radius 3 is 2.38 bits per heavy atom. The van der Waals surface area contributed by atoms with E-state index in [1.54, 1.807) is 0 Å². The summed E-state index contributed by atoms with van der Waals surface area (Å²) in [6.45, 7) is 0. The quantitative estimate of drug-likeness (QED) is 0.734. The number of anilines is 2. The highest BCUT2D eigenvalue weighted by Gasteiger charge is 2.15. The van der Waals surface area contributed by atoms with Crippen LogP contribution in [0.5, 0.6) is 0 Å². The fourth-order valence-corrected chi connectivity index (χ4v) is 1.57. The predicted molar refractivity (Wildman–Crippen MR) is 57.8 cm³/mol. The molecule has 2 rings (SSSR count). The van der Waals surface area contributed by atoms with Crippen molar-refractivity contribution >= 4 is 22.1 Å². The fraction of sp³-hybridized carbons (Fsp3) is 0.0909. The topological polar surface area (TPSA) is 38.0 Å². The third kappa shape index (κ3) is 1.36. The number of nitrogens with one attached hydrogen (secondary N) is 1. The summed E-state index contributed by atoms with van der Waals surface area (Å²) in [4.78, 5) is 0. The average molecular weight is 226 g/mol. The molecule has 0 unspecified atom stereocenters. The fourth-order valence-electron chi connectivity index (χ4n) is 1.57. The Hall–Kier alpha value is -1.91. The van der Waals surface area contributed by atoms with E-state index < -0.39 is 23.1 Å². The molecule has 2 aromatic rings. The van der Waals surface area contributed by atoms with Gasteiger partial charge in [0.1, 0.15) is 11.5 Å². The van der Waals surface area contributed by atoms with Crippen LogP contribution in [-0.2, 0) is 0 Å². The molecule has 0 saturated carbocycles. The van der Waals surface area contributed by atoms with Gasteiger partial charge in [-0.15, -0.1) is 0 Å². The predicted octanol–water partition coefficient (Wildman–Crippen LogP) is 2.88.